The number of rotatable bonds is 5. The normalized spacial score (nSPS) is 14.8. The summed E-state index contributed by atoms with van der Waals surface area (Å²) < 4.78 is 0. The first-order valence-electron chi connectivity index (χ1n) is 7.09. The number of aryl methyl sites for hydroxylation is 1. The van der Waals surface area contributed by atoms with Crippen LogP contribution in [0.5, 0.6) is 0 Å². The summed E-state index contributed by atoms with van der Waals surface area (Å²) in [5.74, 6) is -0.990. The van der Waals surface area contributed by atoms with Crippen molar-refractivity contribution < 1.29 is 9.90 Å². The van der Waals surface area contributed by atoms with E-state index in [1.54, 1.807) is 29.3 Å². The van der Waals surface area contributed by atoms with Gasteiger partial charge in [0.25, 0.3) is 0 Å². The Kier molecular flexibility index (Phi) is 4.84. The molecule has 0 fully saturated rings. The number of nitrogens with zero attached hydrogens (tertiary/aromatic N) is 1. The van der Waals surface area contributed by atoms with Crippen LogP contribution in [0.2, 0.25) is 0 Å². The summed E-state index contributed by atoms with van der Waals surface area (Å²) >= 11 is 0. The third-order valence-electron chi connectivity index (χ3n) is 3.48. The molecule has 2 rings (SSSR count). The first-order chi connectivity index (χ1) is 10.5. The predicted molar refractivity (Wildman–Crippen MR) is 87.6 cm³/mol. The number of aliphatic carboxylic acids is 1. The summed E-state index contributed by atoms with van der Waals surface area (Å²) in [6.45, 7) is 8.32. The van der Waals surface area contributed by atoms with Gasteiger partial charge in [-0.1, -0.05) is 36.9 Å². The largest absolute Gasteiger partial charge is 0.476 e. The van der Waals surface area contributed by atoms with E-state index in [0.717, 1.165) is 5.56 Å². The zero-order valence-electron chi connectivity index (χ0n) is 12.8. The zero-order chi connectivity index (χ0) is 16.1. The third-order valence-corrected chi connectivity index (χ3v) is 3.48. The molecule has 0 bridgehead atoms. The molecular weight excluding hydrogens is 276 g/mol. The number of hydrogen-bond acceptors (Lipinski definition) is 3. The summed E-state index contributed by atoms with van der Waals surface area (Å²) in [7, 11) is 0. The van der Waals surface area contributed by atoms with Crippen molar-refractivity contribution in [3.8, 4) is 0 Å². The lowest BCUT2D eigenvalue weighted by molar-refractivity contribution is -0.134. The van der Waals surface area contributed by atoms with E-state index in [4.69, 9.17) is 0 Å². The molecule has 1 aromatic carbocycles. The van der Waals surface area contributed by atoms with Crippen LogP contribution in [0.15, 0.2) is 72.4 Å². The second-order valence-electron chi connectivity index (χ2n) is 5.02. The third kappa shape index (κ3) is 3.28. The lowest BCUT2D eigenvalue weighted by Crippen LogP contribution is -2.29. The van der Waals surface area contributed by atoms with Crippen molar-refractivity contribution >= 4 is 5.97 Å². The van der Waals surface area contributed by atoms with Gasteiger partial charge in [-0.05, 0) is 37.1 Å². The van der Waals surface area contributed by atoms with Gasteiger partial charge in [-0.25, -0.2) is 4.79 Å². The van der Waals surface area contributed by atoms with E-state index in [1.807, 2.05) is 38.1 Å². The van der Waals surface area contributed by atoms with Crippen LogP contribution in [-0.2, 0) is 11.3 Å². The highest BCUT2D eigenvalue weighted by molar-refractivity contribution is 5.88. The van der Waals surface area contributed by atoms with Crippen LogP contribution >= 0.6 is 0 Å². The van der Waals surface area contributed by atoms with Gasteiger partial charge in [0, 0.05) is 18.4 Å². The van der Waals surface area contributed by atoms with Crippen LogP contribution in [-0.4, -0.2) is 16.0 Å². The van der Waals surface area contributed by atoms with Crippen molar-refractivity contribution in [1.82, 2.24) is 10.2 Å². The number of allylic oxidation sites excluding steroid dienone is 3. The quantitative estimate of drug-likeness (QED) is 0.875. The van der Waals surface area contributed by atoms with Gasteiger partial charge in [0.15, 0.2) is 5.70 Å². The number of nitrogens with one attached hydrogen (secondary N) is 1. The van der Waals surface area contributed by atoms with E-state index in [9.17, 15) is 9.90 Å². The molecule has 0 aliphatic carbocycles. The molecule has 0 spiro atoms. The van der Waals surface area contributed by atoms with E-state index in [2.05, 4.69) is 11.9 Å². The first kappa shape index (κ1) is 15.6. The number of hydrogen-bond donors (Lipinski definition) is 2. The van der Waals surface area contributed by atoms with Crippen molar-refractivity contribution in [2.75, 3.05) is 0 Å². The molecule has 22 heavy (non-hydrogen) atoms. The fraction of sp³-hybridized carbons (Fsp3) is 0.167. The van der Waals surface area contributed by atoms with Crippen molar-refractivity contribution in [2.45, 2.75) is 20.4 Å². The lowest BCUT2D eigenvalue weighted by atomic mass is 10.1. The molecule has 1 aliphatic rings. The Hall–Kier alpha value is -2.75. The Morgan fingerprint density at radius 2 is 2.09 bits per heavy atom. The standard InChI is InChI=1S/C18H20N2O2/c1-4-11-20-14(3)9-10-16(17(20)18(21)22)19-12-15-8-6-5-7-13(15)2/h4-11,19H,3,12H2,1-2H3,(H,21,22)/b11-4-. The average molecular weight is 296 g/mol. The molecule has 1 aromatic rings. The maximum Gasteiger partial charge on any atom is 0.355 e. The van der Waals surface area contributed by atoms with E-state index < -0.39 is 5.97 Å². The monoisotopic (exact) mass is 296 g/mol. The molecule has 0 saturated carbocycles. The topological polar surface area (TPSA) is 52.6 Å². The van der Waals surface area contributed by atoms with Crippen molar-refractivity contribution in [1.29, 1.82) is 0 Å². The van der Waals surface area contributed by atoms with Crippen LogP contribution in [0.3, 0.4) is 0 Å². The average Bonchev–Trinajstić information content (AvgIpc) is 2.49. The molecule has 1 aliphatic heterocycles. The summed E-state index contributed by atoms with van der Waals surface area (Å²) in [6, 6.07) is 8.02. The number of carboxylic acid groups (broad SMARTS) is 1. The van der Waals surface area contributed by atoms with Crippen LogP contribution in [0, 0.1) is 6.92 Å². The first-order valence-corrected chi connectivity index (χ1v) is 7.09. The molecular formula is C18H20N2O2. The van der Waals surface area contributed by atoms with Crippen LogP contribution in [0.4, 0.5) is 0 Å². The Morgan fingerprint density at radius 1 is 1.36 bits per heavy atom. The summed E-state index contributed by atoms with van der Waals surface area (Å²) in [4.78, 5) is 13.2. The van der Waals surface area contributed by atoms with Crippen LogP contribution < -0.4 is 5.32 Å². The molecule has 2 N–H and O–H groups in total. The Bertz CT molecular complexity index is 684. The van der Waals surface area contributed by atoms with E-state index in [0.29, 0.717) is 17.9 Å². The molecule has 0 aromatic heterocycles. The van der Waals surface area contributed by atoms with Crippen molar-refractivity contribution in [2.24, 2.45) is 0 Å². The highest BCUT2D eigenvalue weighted by Crippen LogP contribution is 2.23. The summed E-state index contributed by atoms with van der Waals surface area (Å²) in [6.07, 6.45) is 7.04. The molecule has 4 nitrogen and oxygen atoms in total. The van der Waals surface area contributed by atoms with Gasteiger partial charge < -0.3 is 15.3 Å². The van der Waals surface area contributed by atoms with Crippen LogP contribution in [0.1, 0.15) is 18.1 Å². The minimum atomic E-state index is -0.990. The number of benzene rings is 1. The molecule has 4 heteroatoms. The molecule has 114 valence electrons. The molecule has 1 heterocycles. The SMILES string of the molecule is C=C1C=CC(NCc2ccccc2C)=C(C(=O)O)N1/C=C\C. The summed E-state index contributed by atoms with van der Waals surface area (Å²) in [5.41, 5.74) is 3.68. The van der Waals surface area contributed by atoms with E-state index >= 15 is 0 Å². The minimum absolute atomic E-state index is 0.180. The molecule has 0 saturated heterocycles. The highest BCUT2D eigenvalue weighted by atomic mass is 16.4. The van der Waals surface area contributed by atoms with Gasteiger partial charge >= 0.3 is 5.97 Å². The number of carbonyl (C=O) groups is 1. The van der Waals surface area contributed by atoms with Gasteiger partial charge in [0.05, 0.1) is 5.70 Å². The molecule has 0 amide bonds. The smallest absolute Gasteiger partial charge is 0.355 e. The Morgan fingerprint density at radius 3 is 2.73 bits per heavy atom. The molecule has 0 atom stereocenters. The van der Waals surface area contributed by atoms with Gasteiger partial charge in [-0.2, -0.15) is 0 Å². The zero-order valence-corrected chi connectivity index (χ0v) is 12.8. The minimum Gasteiger partial charge on any atom is -0.476 e. The predicted octanol–water partition coefficient (Wildman–Crippen LogP) is 3.30. The van der Waals surface area contributed by atoms with Gasteiger partial charge in [-0.15, -0.1) is 0 Å². The van der Waals surface area contributed by atoms with E-state index in [-0.39, 0.29) is 5.70 Å². The fourth-order valence-corrected chi connectivity index (χ4v) is 2.29. The van der Waals surface area contributed by atoms with Gasteiger partial charge in [-0.3, -0.25) is 0 Å². The second kappa shape index (κ2) is 6.80. The van der Waals surface area contributed by atoms with E-state index in [1.165, 1.54) is 5.56 Å². The maximum absolute atomic E-state index is 11.6. The van der Waals surface area contributed by atoms with Gasteiger partial charge in [0.1, 0.15) is 0 Å². The lowest BCUT2D eigenvalue weighted by Gasteiger charge is -2.27. The maximum atomic E-state index is 11.6. The Balaban J connectivity index is 2.30. The number of carboxylic acids is 1. The molecule has 0 radical (unpaired) electrons. The highest BCUT2D eigenvalue weighted by Gasteiger charge is 2.23. The molecule has 0 unspecified atom stereocenters. The van der Waals surface area contributed by atoms with Crippen molar-refractivity contribution in [3.63, 3.8) is 0 Å². The second-order valence-corrected chi connectivity index (χ2v) is 5.02. The van der Waals surface area contributed by atoms with Gasteiger partial charge in [0.2, 0.25) is 0 Å². The van der Waals surface area contributed by atoms with Crippen molar-refractivity contribution in [3.05, 3.63) is 83.5 Å². The summed E-state index contributed by atoms with van der Waals surface area (Å²) in [5, 5.41) is 12.7. The Labute approximate surface area is 130 Å². The van der Waals surface area contributed by atoms with Crippen LogP contribution in [0.25, 0.3) is 0 Å². The fourth-order valence-electron chi connectivity index (χ4n) is 2.29.